The normalized spacial score (nSPS) is 15.9. The van der Waals surface area contributed by atoms with Crippen molar-refractivity contribution in [2.45, 2.75) is 13.5 Å². The van der Waals surface area contributed by atoms with E-state index in [1.807, 2.05) is 24.3 Å². The Bertz CT molecular complexity index is 529. The predicted octanol–water partition coefficient (Wildman–Crippen LogP) is 0.946. The second-order valence-corrected chi connectivity index (χ2v) is 5.38. The van der Waals surface area contributed by atoms with Crippen molar-refractivity contribution in [2.24, 2.45) is 4.99 Å². The van der Waals surface area contributed by atoms with Crippen LogP contribution in [0.25, 0.3) is 0 Å². The minimum absolute atomic E-state index is 0.596. The lowest BCUT2D eigenvalue weighted by Gasteiger charge is -2.26. The molecule has 0 bridgehead atoms. The van der Waals surface area contributed by atoms with E-state index in [0.717, 1.165) is 57.5 Å². The summed E-state index contributed by atoms with van der Waals surface area (Å²) in [5, 5.41) is 15.4. The maximum Gasteiger partial charge on any atom is 0.191 e. The highest BCUT2D eigenvalue weighted by Gasteiger charge is 2.09. The van der Waals surface area contributed by atoms with Crippen molar-refractivity contribution in [2.75, 3.05) is 45.9 Å². The molecule has 6 nitrogen and oxygen atoms in total. The van der Waals surface area contributed by atoms with Crippen LogP contribution in [-0.2, 0) is 11.3 Å². The fourth-order valence-corrected chi connectivity index (χ4v) is 2.35. The van der Waals surface area contributed by atoms with Crippen LogP contribution in [0.3, 0.4) is 0 Å². The molecule has 0 radical (unpaired) electrons. The highest BCUT2D eigenvalue weighted by atomic mass is 16.5. The van der Waals surface area contributed by atoms with Crippen molar-refractivity contribution >= 4 is 5.96 Å². The summed E-state index contributed by atoms with van der Waals surface area (Å²) in [7, 11) is 0. The average Bonchev–Trinajstić information content (AvgIpc) is 2.61. The number of ether oxygens (including phenoxy) is 1. The monoisotopic (exact) mass is 315 g/mol. The molecule has 0 atom stereocenters. The predicted molar refractivity (Wildman–Crippen MR) is 91.2 cm³/mol. The lowest BCUT2D eigenvalue weighted by molar-refractivity contribution is 0.0389. The fraction of sp³-hybridized carbons (Fsp3) is 0.529. The minimum Gasteiger partial charge on any atom is -0.379 e. The Morgan fingerprint density at radius 3 is 2.65 bits per heavy atom. The highest BCUT2D eigenvalue weighted by Crippen LogP contribution is 2.04. The van der Waals surface area contributed by atoms with Crippen LogP contribution in [0, 0.1) is 11.3 Å². The van der Waals surface area contributed by atoms with Gasteiger partial charge in [-0.15, -0.1) is 0 Å². The molecule has 0 saturated carbocycles. The summed E-state index contributed by atoms with van der Waals surface area (Å²) in [5.74, 6) is 0.824. The van der Waals surface area contributed by atoms with E-state index in [2.05, 4.69) is 33.5 Å². The molecule has 23 heavy (non-hydrogen) atoms. The van der Waals surface area contributed by atoms with Crippen molar-refractivity contribution in [3.8, 4) is 6.07 Å². The number of nitrogens with zero attached hydrogens (tertiary/aromatic N) is 3. The molecule has 124 valence electrons. The third-order valence-corrected chi connectivity index (χ3v) is 3.67. The molecule has 0 amide bonds. The van der Waals surface area contributed by atoms with E-state index in [-0.39, 0.29) is 0 Å². The maximum atomic E-state index is 8.81. The topological polar surface area (TPSA) is 72.7 Å². The lowest BCUT2D eigenvalue weighted by atomic mass is 10.1. The van der Waals surface area contributed by atoms with Gasteiger partial charge in [0.1, 0.15) is 0 Å². The first kappa shape index (κ1) is 17.3. The van der Waals surface area contributed by atoms with Gasteiger partial charge >= 0.3 is 0 Å². The molecular formula is C17H25N5O. The number of guanidine groups is 1. The average molecular weight is 315 g/mol. The molecule has 6 heteroatoms. The van der Waals surface area contributed by atoms with Crippen molar-refractivity contribution in [1.29, 1.82) is 5.26 Å². The largest absolute Gasteiger partial charge is 0.379 e. The number of rotatable bonds is 6. The van der Waals surface area contributed by atoms with Gasteiger partial charge in [-0.25, -0.2) is 4.99 Å². The molecule has 1 aliphatic heterocycles. The van der Waals surface area contributed by atoms with Gasteiger partial charge in [0.2, 0.25) is 0 Å². The van der Waals surface area contributed by atoms with Crippen LogP contribution < -0.4 is 10.6 Å². The van der Waals surface area contributed by atoms with Crippen LogP contribution in [-0.4, -0.2) is 56.8 Å². The van der Waals surface area contributed by atoms with E-state index in [1.54, 1.807) is 0 Å². The molecule has 0 aliphatic carbocycles. The molecule has 1 aromatic rings. The van der Waals surface area contributed by atoms with E-state index in [4.69, 9.17) is 10.00 Å². The zero-order valence-electron chi connectivity index (χ0n) is 13.7. The molecule has 1 saturated heterocycles. The summed E-state index contributed by atoms with van der Waals surface area (Å²) >= 11 is 0. The van der Waals surface area contributed by atoms with E-state index in [0.29, 0.717) is 12.1 Å². The zero-order valence-corrected chi connectivity index (χ0v) is 13.7. The molecule has 1 heterocycles. The Hall–Kier alpha value is -2.10. The van der Waals surface area contributed by atoms with Crippen LogP contribution in [0.1, 0.15) is 18.1 Å². The zero-order chi connectivity index (χ0) is 16.3. The second-order valence-electron chi connectivity index (χ2n) is 5.38. The van der Waals surface area contributed by atoms with Gasteiger partial charge in [-0.05, 0) is 24.6 Å². The first-order chi connectivity index (χ1) is 11.3. The Labute approximate surface area is 138 Å². The van der Waals surface area contributed by atoms with Crippen molar-refractivity contribution in [3.63, 3.8) is 0 Å². The molecule has 2 N–H and O–H groups in total. The Morgan fingerprint density at radius 2 is 2.00 bits per heavy atom. The Morgan fingerprint density at radius 1 is 1.26 bits per heavy atom. The molecule has 2 rings (SSSR count). The summed E-state index contributed by atoms with van der Waals surface area (Å²) < 4.78 is 5.35. The van der Waals surface area contributed by atoms with Crippen molar-refractivity contribution in [3.05, 3.63) is 35.4 Å². The first-order valence-electron chi connectivity index (χ1n) is 8.13. The molecule has 1 aliphatic rings. The molecule has 1 aromatic carbocycles. The smallest absolute Gasteiger partial charge is 0.191 e. The van der Waals surface area contributed by atoms with Gasteiger partial charge in [-0.1, -0.05) is 12.1 Å². The quantitative estimate of drug-likeness (QED) is 0.604. The first-order valence-corrected chi connectivity index (χ1v) is 8.13. The molecule has 0 unspecified atom stereocenters. The van der Waals surface area contributed by atoms with Gasteiger partial charge in [0.15, 0.2) is 5.96 Å². The van der Waals surface area contributed by atoms with E-state index in [9.17, 15) is 0 Å². The lowest BCUT2D eigenvalue weighted by Crippen LogP contribution is -2.44. The molecule has 0 spiro atoms. The van der Waals surface area contributed by atoms with Crippen molar-refractivity contribution in [1.82, 2.24) is 15.5 Å². The third-order valence-electron chi connectivity index (χ3n) is 3.67. The molecule has 1 fully saturated rings. The number of hydrogen-bond acceptors (Lipinski definition) is 4. The third kappa shape index (κ3) is 6.27. The number of nitrogens with one attached hydrogen (secondary N) is 2. The number of aliphatic imine (C=N–C) groups is 1. The van der Waals surface area contributed by atoms with Crippen LogP contribution in [0.2, 0.25) is 0 Å². The Kier molecular flexibility index (Phi) is 7.37. The van der Waals surface area contributed by atoms with Gasteiger partial charge in [-0.3, -0.25) is 4.90 Å². The van der Waals surface area contributed by atoms with Gasteiger partial charge in [-0.2, -0.15) is 5.26 Å². The number of hydrogen-bond donors (Lipinski definition) is 2. The second kappa shape index (κ2) is 9.82. The van der Waals surface area contributed by atoms with Gasteiger partial charge in [0.05, 0.1) is 31.4 Å². The summed E-state index contributed by atoms with van der Waals surface area (Å²) in [5.41, 5.74) is 1.77. The van der Waals surface area contributed by atoms with E-state index < -0.39 is 0 Å². The van der Waals surface area contributed by atoms with E-state index in [1.165, 1.54) is 0 Å². The van der Waals surface area contributed by atoms with Crippen LogP contribution in [0.5, 0.6) is 0 Å². The van der Waals surface area contributed by atoms with Gasteiger partial charge in [0.25, 0.3) is 0 Å². The fourth-order valence-electron chi connectivity index (χ4n) is 2.35. The molecule has 0 aromatic heterocycles. The summed E-state index contributed by atoms with van der Waals surface area (Å²) in [6.07, 6.45) is 0. The molecular weight excluding hydrogens is 290 g/mol. The summed E-state index contributed by atoms with van der Waals surface area (Å²) in [4.78, 5) is 6.98. The number of nitriles is 1. The van der Waals surface area contributed by atoms with E-state index >= 15 is 0 Å². The standard InChI is InChI=1S/C17H25N5O/c1-2-19-17(20-7-8-22-9-11-23-12-10-22)21-14-16-5-3-15(13-18)4-6-16/h3-6H,2,7-12,14H2,1H3,(H2,19,20,21). The number of benzene rings is 1. The SMILES string of the molecule is CCNC(=NCc1ccc(C#N)cc1)NCCN1CCOCC1. The summed E-state index contributed by atoms with van der Waals surface area (Å²) in [6.45, 7) is 8.99. The van der Waals surface area contributed by atoms with Crippen LogP contribution >= 0.6 is 0 Å². The number of morpholine rings is 1. The van der Waals surface area contributed by atoms with Gasteiger partial charge < -0.3 is 15.4 Å². The van der Waals surface area contributed by atoms with Crippen LogP contribution in [0.4, 0.5) is 0 Å². The van der Waals surface area contributed by atoms with Crippen molar-refractivity contribution < 1.29 is 4.74 Å². The van der Waals surface area contributed by atoms with Crippen LogP contribution in [0.15, 0.2) is 29.3 Å². The maximum absolute atomic E-state index is 8.81. The van der Waals surface area contributed by atoms with Gasteiger partial charge in [0, 0.05) is 32.7 Å². The highest BCUT2D eigenvalue weighted by molar-refractivity contribution is 5.79. The summed E-state index contributed by atoms with van der Waals surface area (Å²) in [6, 6.07) is 9.66. The Balaban J connectivity index is 1.80. The minimum atomic E-state index is 0.596.